The maximum Gasteiger partial charge on any atom is 0.326 e. The second-order valence-electron chi connectivity index (χ2n) is 9.15. The summed E-state index contributed by atoms with van der Waals surface area (Å²) in [6.45, 7) is 2.42. The standard InChI is InChI=1S/C27H24FN7O2/c1-15-4-2-3-5-20(15)21-11-18(28)7-6-16(21)13-29-23-12-24(31-19-8-9-19)35-25(33-23)17(14-30-35)10-22-26(36)34-27(37)32-22/h2-7,10-12,14,19,29,36H,8-9,13H2,1H3,(H2,32,34,37)/b17-10-,31-24?. The van der Waals surface area contributed by atoms with Crippen LogP contribution in [0.25, 0.3) is 22.9 Å². The van der Waals surface area contributed by atoms with Crippen LogP contribution in [-0.2, 0) is 6.54 Å². The zero-order chi connectivity index (χ0) is 25.5. The highest BCUT2D eigenvalue weighted by Crippen LogP contribution is 2.28. The van der Waals surface area contributed by atoms with Gasteiger partial charge in [0, 0.05) is 17.8 Å². The molecule has 0 atom stereocenters. The SMILES string of the molecule is Cc1ccccc1-c1cc(F)ccc1CNc1cc(=NC2CC2)n2nc/c(=C/c3[nH]c(=O)[nH]c3O)c2n1. The molecule has 3 aromatic heterocycles. The van der Waals surface area contributed by atoms with Crippen molar-refractivity contribution in [1.29, 1.82) is 0 Å². The van der Waals surface area contributed by atoms with Gasteiger partial charge in [0.1, 0.15) is 17.3 Å². The van der Waals surface area contributed by atoms with Gasteiger partial charge in [-0.25, -0.2) is 14.2 Å². The number of anilines is 1. The topological polar surface area (TPSA) is 123 Å². The molecule has 0 saturated heterocycles. The van der Waals surface area contributed by atoms with E-state index in [0.717, 1.165) is 35.1 Å². The summed E-state index contributed by atoms with van der Waals surface area (Å²) in [5, 5.41) is 18.4. The number of nitrogens with zero attached hydrogens (tertiary/aromatic N) is 4. The fraction of sp³-hybridized carbons (Fsp3) is 0.185. The summed E-state index contributed by atoms with van der Waals surface area (Å²) in [7, 11) is 0. The Morgan fingerprint density at radius 3 is 2.78 bits per heavy atom. The van der Waals surface area contributed by atoms with Crippen LogP contribution in [-0.4, -0.2) is 35.7 Å². The summed E-state index contributed by atoms with van der Waals surface area (Å²) >= 11 is 0. The molecule has 0 radical (unpaired) electrons. The summed E-state index contributed by atoms with van der Waals surface area (Å²) in [5.74, 6) is 0.0213. The number of H-pyrrole nitrogens is 2. The summed E-state index contributed by atoms with van der Waals surface area (Å²) in [4.78, 5) is 25.9. The highest BCUT2D eigenvalue weighted by atomic mass is 19.1. The third kappa shape index (κ3) is 4.61. The van der Waals surface area contributed by atoms with Crippen LogP contribution in [0.15, 0.2) is 64.5 Å². The van der Waals surface area contributed by atoms with Gasteiger partial charge in [-0.3, -0.25) is 9.98 Å². The minimum atomic E-state index is -0.510. The molecular formula is C27H24FN7O2. The van der Waals surface area contributed by atoms with E-state index in [2.05, 4.69) is 20.4 Å². The van der Waals surface area contributed by atoms with Crippen molar-refractivity contribution in [3.63, 3.8) is 0 Å². The van der Waals surface area contributed by atoms with Crippen LogP contribution in [0.3, 0.4) is 0 Å². The number of rotatable bonds is 6. The Hall–Kier alpha value is -4.73. The van der Waals surface area contributed by atoms with Gasteiger partial charge < -0.3 is 15.4 Å². The molecule has 9 nitrogen and oxygen atoms in total. The second-order valence-corrected chi connectivity index (χ2v) is 9.15. The van der Waals surface area contributed by atoms with Gasteiger partial charge in [0.05, 0.1) is 12.2 Å². The van der Waals surface area contributed by atoms with Gasteiger partial charge in [-0.1, -0.05) is 30.3 Å². The third-order valence-electron chi connectivity index (χ3n) is 6.34. The lowest BCUT2D eigenvalue weighted by atomic mass is 9.96. The molecule has 186 valence electrons. The van der Waals surface area contributed by atoms with Crippen LogP contribution in [0.1, 0.15) is 29.7 Å². The van der Waals surface area contributed by atoms with E-state index in [1.165, 1.54) is 6.07 Å². The molecule has 0 bridgehead atoms. The maximum absolute atomic E-state index is 14.2. The molecule has 1 aliphatic rings. The number of hydrogen-bond acceptors (Lipinski definition) is 6. The molecule has 0 unspecified atom stereocenters. The second kappa shape index (κ2) is 9.05. The molecule has 1 aliphatic carbocycles. The van der Waals surface area contributed by atoms with E-state index in [0.29, 0.717) is 28.7 Å². The van der Waals surface area contributed by atoms with Gasteiger partial charge in [0.2, 0.25) is 5.88 Å². The van der Waals surface area contributed by atoms with Crippen LogP contribution in [0.5, 0.6) is 5.88 Å². The molecule has 1 saturated carbocycles. The molecule has 10 heteroatoms. The first kappa shape index (κ1) is 22.7. The van der Waals surface area contributed by atoms with Crippen molar-refractivity contribution in [2.75, 3.05) is 5.32 Å². The summed E-state index contributed by atoms with van der Waals surface area (Å²) in [6.07, 6.45) is 5.27. The molecule has 5 aromatic rings. The smallest absolute Gasteiger partial charge is 0.326 e. The molecule has 0 aliphatic heterocycles. The van der Waals surface area contributed by atoms with Crippen LogP contribution in [0.4, 0.5) is 10.2 Å². The zero-order valence-electron chi connectivity index (χ0n) is 20.0. The van der Waals surface area contributed by atoms with Crippen LogP contribution >= 0.6 is 0 Å². The van der Waals surface area contributed by atoms with Crippen molar-refractivity contribution in [1.82, 2.24) is 24.6 Å². The van der Waals surface area contributed by atoms with Gasteiger partial charge >= 0.3 is 5.69 Å². The van der Waals surface area contributed by atoms with Crippen molar-refractivity contribution >= 4 is 17.5 Å². The van der Waals surface area contributed by atoms with Crippen LogP contribution in [0, 0.1) is 12.7 Å². The van der Waals surface area contributed by atoms with Crippen LogP contribution in [0.2, 0.25) is 0 Å². The Kier molecular flexibility index (Phi) is 5.56. The highest BCUT2D eigenvalue weighted by Gasteiger charge is 2.20. The quantitative estimate of drug-likeness (QED) is 0.287. The first-order chi connectivity index (χ1) is 17.9. The number of halogens is 1. The number of aromatic hydroxyl groups is 1. The van der Waals surface area contributed by atoms with Gasteiger partial charge in [-0.15, -0.1) is 0 Å². The Labute approximate surface area is 210 Å². The van der Waals surface area contributed by atoms with Crippen molar-refractivity contribution in [3.05, 3.63) is 98.6 Å². The molecule has 2 aromatic carbocycles. The van der Waals surface area contributed by atoms with E-state index in [9.17, 15) is 14.3 Å². The number of imidazole rings is 1. The summed E-state index contributed by atoms with van der Waals surface area (Å²) < 4.78 is 15.8. The lowest BCUT2D eigenvalue weighted by Gasteiger charge is -2.14. The summed E-state index contributed by atoms with van der Waals surface area (Å²) in [5.41, 5.74) is 4.67. The van der Waals surface area contributed by atoms with E-state index in [-0.39, 0.29) is 23.4 Å². The normalized spacial score (nSPS) is 14.5. The monoisotopic (exact) mass is 497 g/mol. The van der Waals surface area contributed by atoms with E-state index >= 15 is 0 Å². The van der Waals surface area contributed by atoms with Gasteiger partial charge in [0.25, 0.3) is 0 Å². The third-order valence-corrected chi connectivity index (χ3v) is 6.34. The Morgan fingerprint density at radius 2 is 2.03 bits per heavy atom. The highest BCUT2D eigenvalue weighted by molar-refractivity contribution is 5.71. The number of aromatic amines is 2. The zero-order valence-corrected chi connectivity index (χ0v) is 20.0. The van der Waals surface area contributed by atoms with Gasteiger partial charge in [-0.05, 0) is 60.2 Å². The van der Waals surface area contributed by atoms with E-state index in [4.69, 9.17) is 9.98 Å². The van der Waals surface area contributed by atoms with Crippen molar-refractivity contribution < 1.29 is 9.50 Å². The Balaban J connectivity index is 1.41. The van der Waals surface area contributed by atoms with Crippen molar-refractivity contribution in [3.8, 4) is 17.0 Å². The van der Waals surface area contributed by atoms with Crippen LogP contribution < -0.4 is 21.7 Å². The average molecular weight is 498 g/mol. The largest absolute Gasteiger partial charge is 0.493 e. The molecule has 0 amide bonds. The number of fused-ring (bicyclic) bond motifs is 1. The fourth-order valence-corrected chi connectivity index (χ4v) is 4.30. The molecule has 37 heavy (non-hydrogen) atoms. The Bertz CT molecular complexity index is 1810. The fourth-order valence-electron chi connectivity index (χ4n) is 4.30. The number of aromatic nitrogens is 5. The van der Waals surface area contributed by atoms with E-state index < -0.39 is 5.69 Å². The minimum Gasteiger partial charge on any atom is -0.493 e. The number of aryl methyl sites for hydroxylation is 1. The van der Waals surface area contributed by atoms with Crippen molar-refractivity contribution in [2.24, 2.45) is 4.99 Å². The molecular weight excluding hydrogens is 473 g/mol. The lowest BCUT2D eigenvalue weighted by Crippen LogP contribution is -2.20. The molecule has 0 spiro atoms. The number of hydrogen-bond donors (Lipinski definition) is 4. The molecule has 3 heterocycles. The first-order valence-electron chi connectivity index (χ1n) is 12.0. The summed E-state index contributed by atoms with van der Waals surface area (Å²) in [6, 6.07) is 14.8. The van der Waals surface area contributed by atoms with E-state index in [1.807, 2.05) is 37.3 Å². The van der Waals surface area contributed by atoms with E-state index in [1.54, 1.807) is 28.9 Å². The predicted molar refractivity (Wildman–Crippen MR) is 137 cm³/mol. The molecule has 6 rings (SSSR count). The number of nitrogens with one attached hydrogen (secondary N) is 3. The van der Waals surface area contributed by atoms with Crippen molar-refractivity contribution in [2.45, 2.75) is 32.4 Å². The van der Waals surface area contributed by atoms with Gasteiger partial charge in [0.15, 0.2) is 11.1 Å². The Morgan fingerprint density at radius 1 is 1.19 bits per heavy atom. The molecule has 1 fully saturated rings. The predicted octanol–water partition coefficient (Wildman–Crippen LogP) is 2.79. The minimum absolute atomic E-state index is 0.231. The average Bonchev–Trinajstić information content (AvgIpc) is 3.51. The van der Waals surface area contributed by atoms with Gasteiger partial charge in [-0.2, -0.15) is 9.61 Å². The molecule has 4 N–H and O–H groups in total. The number of benzene rings is 2. The first-order valence-corrected chi connectivity index (χ1v) is 12.0. The lowest BCUT2D eigenvalue weighted by molar-refractivity contribution is 0.454. The maximum atomic E-state index is 14.2.